The van der Waals surface area contributed by atoms with Crippen molar-refractivity contribution in [3.8, 4) is 0 Å². The molecule has 0 spiro atoms. The van der Waals surface area contributed by atoms with E-state index in [9.17, 15) is 9.59 Å². The second-order valence-electron chi connectivity index (χ2n) is 4.91. The Bertz CT molecular complexity index is 466. The van der Waals surface area contributed by atoms with Crippen LogP contribution in [0.15, 0.2) is 12.4 Å². The van der Waals surface area contributed by atoms with Gasteiger partial charge in [0, 0.05) is 6.54 Å². The highest BCUT2D eigenvalue weighted by molar-refractivity contribution is 5.92. The van der Waals surface area contributed by atoms with Gasteiger partial charge in [0.05, 0.1) is 12.4 Å². The lowest BCUT2D eigenvalue weighted by atomic mass is 10.1. The fourth-order valence-electron chi connectivity index (χ4n) is 1.59. The summed E-state index contributed by atoms with van der Waals surface area (Å²) in [6.45, 7) is 2.80. The second-order valence-corrected chi connectivity index (χ2v) is 4.91. The monoisotopic (exact) mass is 249 g/mol. The van der Waals surface area contributed by atoms with Crippen molar-refractivity contribution in [1.82, 2.24) is 15.3 Å². The number of rotatable bonds is 5. The van der Waals surface area contributed by atoms with Gasteiger partial charge in [-0.15, -0.1) is 0 Å². The fraction of sp³-hybridized carbons (Fsp3) is 0.500. The highest BCUT2D eigenvalue weighted by Crippen LogP contribution is 2.47. The summed E-state index contributed by atoms with van der Waals surface area (Å²) in [6, 6.07) is 0. The molecule has 0 aromatic carbocycles. The lowest BCUT2D eigenvalue weighted by Gasteiger charge is -2.08. The smallest absolute Gasteiger partial charge is 0.356 e. The highest BCUT2D eigenvalue weighted by Gasteiger charge is 2.36. The first-order chi connectivity index (χ1) is 8.50. The van der Waals surface area contributed by atoms with Crippen LogP contribution in [0.25, 0.3) is 0 Å². The minimum absolute atomic E-state index is 0.140. The third-order valence-electron chi connectivity index (χ3n) is 3.22. The largest absolute Gasteiger partial charge is 0.476 e. The molecule has 1 aromatic rings. The molecule has 1 aliphatic rings. The molecule has 0 aliphatic heterocycles. The number of amides is 1. The van der Waals surface area contributed by atoms with Gasteiger partial charge >= 0.3 is 5.97 Å². The van der Waals surface area contributed by atoms with Gasteiger partial charge in [-0.1, -0.05) is 6.92 Å². The maximum absolute atomic E-state index is 11.7. The molecule has 6 nitrogen and oxygen atoms in total. The van der Waals surface area contributed by atoms with Crippen LogP contribution in [0.2, 0.25) is 0 Å². The van der Waals surface area contributed by atoms with E-state index < -0.39 is 5.97 Å². The van der Waals surface area contributed by atoms with Crippen molar-refractivity contribution >= 4 is 11.9 Å². The summed E-state index contributed by atoms with van der Waals surface area (Å²) >= 11 is 0. The van der Waals surface area contributed by atoms with E-state index in [0.29, 0.717) is 12.0 Å². The van der Waals surface area contributed by atoms with E-state index in [1.807, 2.05) is 0 Å². The molecule has 2 rings (SSSR count). The molecule has 0 radical (unpaired) electrons. The zero-order valence-corrected chi connectivity index (χ0v) is 10.1. The number of aromatic carboxylic acids is 1. The molecule has 0 bridgehead atoms. The van der Waals surface area contributed by atoms with E-state index >= 15 is 0 Å². The van der Waals surface area contributed by atoms with Crippen molar-refractivity contribution in [3.05, 3.63) is 23.8 Å². The molecule has 0 unspecified atom stereocenters. The van der Waals surface area contributed by atoms with Crippen LogP contribution in [0.4, 0.5) is 0 Å². The highest BCUT2D eigenvalue weighted by atomic mass is 16.4. The third-order valence-corrected chi connectivity index (χ3v) is 3.22. The molecule has 6 heteroatoms. The van der Waals surface area contributed by atoms with E-state index in [-0.39, 0.29) is 17.3 Å². The molecular weight excluding hydrogens is 234 g/mol. The topological polar surface area (TPSA) is 92.2 Å². The Morgan fingerprint density at radius 2 is 1.94 bits per heavy atom. The molecule has 1 saturated carbocycles. The lowest BCUT2D eigenvalue weighted by Crippen LogP contribution is -2.27. The van der Waals surface area contributed by atoms with Crippen LogP contribution in [-0.4, -0.2) is 33.5 Å². The number of carboxylic acids is 1. The van der Waals surface area contributed by atoms with E-state index in [0.717, 1.165) is 12.6 Å². The number of nitrogens with one attached hydrogen (secondary N) is 1. The first-order valence-corrected chi connectivity index (χ1v) is 5.84. The molecule has 1 aromatic heterocycles. The summed E-state index contributed by atoms with van der Waals surface area (Å²) in [5.41, 5.74) is 0.365. The Balaban J connectivity index is 1.86. The Kier molecular flexibility index (Phi) is 3.27. The molecule has 0 saturated heterocycles. The van der Waals surface area contributed by atoms with Crippen LogP contribution < -0.4 is 5.32 Å². The molecular formula is C12H15N3O3. The summed E-state index contributed by atoms with van der Waals surface area (Å²) in [4.78, 5) is 29.7. The number of carboxylic acid groups (broad SMARTS) is 1. The van der Waals surface area contributed by atoms with E-state index in [2.05, 4.69) is 22.2 Å². The lowest BCUT2D eigenvalue weighted by molar-refractivity contribution is 0.0689. The molecule has 1 aliphatic carbocycles. The van der Waals surface area contributed by atoms with Gasteiger partial charge in [-0.25, -0.2) is 14.8 Å². The third kappa shape index (κ3) is 3.03. The van der Waals surface area contributed by atoms with Crippen LogP contribution in [0, 0.1) is 5.41 Å². The van der Waals surface area contributed by atoms with Crippen LogP contribution in [0.1, 0.15) is 47.2 Å². The number of carbonyl (C=O) groups excluding carboxylic acids is 1. The fourth-order valence-corrected chi connectivity index (χ4v) is 1.59. The second kappa shape index (κ2) is 4.72. The Morgan fingerprint density at radius 3 is 2.44 bits per heavy atom. The van der Waals surface area contributed by atoms with Crippen LogP contribution in [0.5, 0.6) is 0 Å². The van der Waals surface area contributed by atoms with Gasteiger partial charge in [-0.3, -0.25) is 4.79 Å². The van der Waals surface area contributed by atoms with E-state index in [1.165, 1.54) is 19.0 Å². The molecule has 1 amide bonds. The quantitative estimate of drug-likeness (QED) is 0.815. The maximum atomic E-state index is 11.7. The normalized spacial score (nSPS) is 16.1. The van der Waals surface area contributed by atoms with Gasteiger partial charge in [0.15, 0.2) is 5.69 Å². The van der Waals surface area contributed by atoms with E-state index in [4.69, 9.17) is 5.11 Å². The number of hydrogen-bond acceptors (Lipinski definition) is 4. The number of carbonyl (C=O) groups is 2. The van der Waals surface area contributed by atoms with Gasteiger partial charge in [-0.05, 0) is 24.7 Å². The van der Waals surface area contributed by atoms with Gasteiger partial charge in [0.2, 0.25) is 0 Å². The Morgan fingerprint density at radius 1 is 1.33 bits per heavy atom. The Labute approximate surface area is 104 Å². The minimum Gasteiger partial charge on any atom is -0.476 e. The predicted octanol–water partition coefficient (Wildman–Crippen LogP) is 1.09. The Hall–Kier alpha value is -1.98. The zero-order valence-electron chi connectivity index (χ0n) is 10.1. The number of nitrogens with zero attached hydrogens (tertiary/aromatic N) is 2. The van der Waals surface area contributed by atoms with Gasteiger partial charge in [-0.2, -0.15) is 0 Å². The molecule has 18 heavy (non-hydrogen) atoms. The van der Waals surface area contributed by atoms with Gasteiger partial charge < -0.3 is 10.4 Å². The van der Waals surface area contributed by atoms with Crippen molar-refractivity contribution in [2.75, 3.05) is 6.54 Å². The molecule has 1 heterocycles. The SMILES string of the molecule is CC1(CCNC(=O)c2cnc(C(=O)O)cn2)CC1. The van der Waals surface area contributed by atoms with Crippen molar-refractivity contribution in [1.29, 1.82) is 0 Å². The average molecular weight is 249 g/mol. The van der Waals surface area contributed by atoms with Crippen molar-refractivity contribution < 1.29 is 14.7 Å². The number of aromatic nitrogens is 2. The summed E-state index contributed by atoms with van der Waals surface area (Å²) in [7, 11) is 0. The predicted molar refractivity (Wildman–Crippen MR) is 63.3 cm³/mol. The average Bonchev–Trinajstić information content (AvgIpc) is 3.07. The number of hydrogen-bond donors (Lipinski definition) is 2. The van der Waals surface area contributed by atoms with E-state index in [1.54, 1.807) is 0 Å². The van der Waals surface area contributed by atoms with Crippen LogP contribution in [0.3, 0.4) is 0 Å². The van der Waals surface area contributed by atoms with Crippen molar-refractivity contribution in [2.24, 2.45) is 5.41 Å². The summed E-state index contributed by atoms with van der Waals surface area (Å²) in [5, 5.41) is 11.4. The molecule has 1 fully saturated rings. The van der Waals surface area contributed by atoms with Crippen molar-refractivity contribution in [3.63, 3.8) is 0 Å². The first kappa shape index (κ1) is 12.5. The molecule has 2 N–H and O–H groups in total. The summed E-state index contributed by atoms with van der Waals surface area (Å²) in [6.07, 6.45) is 5.66. The maximum Gasteiger partial charge on any atom is 0.356 e. The van der Waals surface area contributed by atoms with Crippen molar-refractivity contribution in [2.45, 2.75) is 26.2 Å². The van der Waals surface area contributed by atoms with Crippen LogP contribution in [-0.2, 0) is 0 Å². The summed E-state index contributed by atoms with van der Waals surface area (Å²) in [5.74, 6) is -1.47. The van der Waals surface area contributed by atoms with Gasteiger partial charge in [0.25, 0.3) is 5.91 Å². The van der Waals surface area contributed by atoms with Gasteiger partial charge in [0.1, 0.15) is 5.69 Å². The minimum atomic E-state index is -1.16. The standard InChI is InChI=1S/C12H15N3O3/c1-12(2-3-12)4-5-13-10(16)8-6-15-9(7-14-8)11(17)18/h6-7H,2-5H2,1H3,(H,13,16)(H,17,18). The van der Waals surface area contributed by atoms with Crippen LogP contribution >= 0.6 is 0 Å². The summed E-state index contributed by atoms with van der Waals surface area (Å²) < 4.78 is 0. The molecule has 0 atom stereocenters. The molecule has 96 valence electrons. The first-order valence-electron chi connectivity index (χ1n) is 5.84. The zero-order chi connectivity index (χ0) is 13.2.